The molecule has 0 bridgehead atoms. The second-order valence-corrected chi connectivity index (χ2v) is 5.31. The molecular weight excluding hydrogens is 224 g/mol. The third-order valence-electron chi connectivity index (χ3n) is 2.96. The Hall–Kier alpha value is -1.35. The van der Waals surface area contributed by atoms with Crippen LogP contribution in [0.4, 0.5) is 0 Å². The quantitative estimate of drug-likeness (QED) is 0.777. The van der Waals surface area contributed by atoms with Crippen LogP contribution in [0, 0.1) is 0 Å². The van der Waals surface area contributed by atoms with Crippen LogP contribution in [-0.2, 0) is 11.2 Å². The number of nitrogens with one attached hydrogen (secondary N) is 1. The van der Waals surface area contributed by atoms with Crippen LogP contribution in [0.25, 0.3) is 0 Å². The molecule has 0 aromatic heterocycles. The van der Waals surface area contributed by atoms with Crippen LogP contribution >= 0.6 is 0 Å². The van der Waals surface area contributed by atoms with Crippen LogP contribution in [-0.4, -0.2) is 18.0 Å². The Bertz CT molecular complexity index is 360. The highest BCUT2D eigenvalue weighted by molar-refractivity contribution is 5.76. The summed E-state index contributed by atoms with van der Waals surface area (Å²) >= 11 is 0. The highest BCUT2D eigenvalue weighted by atomic mass is 16.1. The average Bonchev–Trinajstić information content (AvgIpc) is 2.29. The van der Waals surface area contributed by atoms with Gasteiger partial charge in [0.15, 0.2) is 0 Å². The molecule has 0 heterocycles. The molecule has 0 aliphatic rings. The highest BCUT2D eigenvalue weighted by Gasteiger charge is 2.18. The van der Waals surface area contributed by atoms with Crippen molar-refractivity contribution in [2.24, 2.45) is 5.73 Å². The van der Waals surface area contributed by atoms with E-state index in [0.29, 0.717) is 13.0 Å². The molecule has 3 nitrogen and oxygen atoms in total. The molecule has 0 saturated carbocycles. The zero-order valence-electron chi connectivity index (χ0n) is 11.4. The minimum absolute atomic E-state index is 0.115. The van der Waals surface area contributed by atoms with Gasteiger partial charge in [0, 0.05) is 12.0 Å². The lowest BCUT2D eigenvalue weighted by molar-refractivity contribution is -0.122. The second-order valence-electron chi connectivity index (χ2n) is 5.31. The first kappa shape index (κ1) is 14.7. The molecule has 0 atom stereocenters. The Balaban J connectivity index is 2.25. The van der Waals surface area contributed by atoms with Crippen LogP contribution in [0.15, 0.2) is 30.3 Å². The molecular formula is C15H24N2O. The molecule has 1 rings (SSSR count). The maximum Gasteiger partial charge on any atom is 0.220 e. The van der Waals surface area contributed by atoms with E-state index in [4.69, 9.17) is 5.73 Å². The molecule has 0 spiro atoms. The first-order chi connectivity index (χ1) is 8.53. The highest BCUT2D eigenvalue weighted by Crippen LogP contribution is 2.09. The van der Waals surface area contributed by atoms with Crippen molar-refractivity contribution in [2.45, 2.75) is 45.1 Å². The summed E-state index contributed by atoms with van der Waals surface area (Å²) in [5.74, 6) is 0.115. The predicted molar refractivity (Wildman–Crippen MR) is 75.3 cm³/mol. The summed E-state index contributed by atoms with van der Waals surface area (Å²) in [4.78, 5) is 11.8. The van der Waals surface area contributed by atoms with Crippen molar-refractivity contribution in [1.82, 2.24) is 5.32 Å². The summed E-state index contributed by atoms with van der Waals surface area (Å²) in [5.41, 5.74) is 6.60. The van der Waals surface area contributed by atoms with Crippen LogP contribution in [0.1, 0.15) is 38.7 Å². The van der Waals surface area contributed by atoms with Gasteiger partial charge in [-0.25, -0.2) is 0 Å². The number of carbonyl (C=O) groups excluding carboxylic acids is 1. The van der Waals surface area contributed by atoms with Gasteiger partial charge in [-0.15, -0.1) is 0 Å². The van der Waals surface area contributed by atoms with Gasteiger partial charge >= 0.3 is 0 Å². The van der Waals surface area contributed by atoms with Gasteiger partial charge in [-0.05, 0) is 45.2 Å². The lowest BCUT2D eigenvalue weighted by Crippen LogP contribution is -2.44. The van der Waals surface area contributed by atoms with Gasteiger partial charge in [0.2, 0.25) is 5.91 Å². The van der Waals surface area contributed by atoms with Crippen molar-refractivity contribution in [3.05, 3.63) is 35.9 Å². The second kappa shape index (κ2) is 7.17. The minimum atomic E-state index is -0.196. The fourth-order valence-corrected chi connectivity index (χ4v) is 1.96. The summed E-state index contributed by atoms with van der Waals surface area (Å²) in [6, 6.07) is 10.2. The Kier molecular flexibility index (Phi) is 5.86. The van der Waals surface area contributed by atoms with E-state index < -0.39 is 0 Å². The molecule has 100 valence electrons. The largest absolute Gasteiger partial charge is 0.351 e. The van der Waals surface area contributed by atoms with Gasteiger partial charge < -0.3 is 11.1 Å². The van der Waals surface area contributed by atoms with Gasteiger partial charge in [0.25, 0.3) is 0 Å². The van der Waals surface area contributed by atoms with Crippen molar-refractivity contribution in [3.8, 4) is 0 Å². The Morgan fingerprint density at radius 1 is 1.28 bits per heavy atom. The minimum Gasteiger partial charge on any atom is -0.351 e. The number of benzene rings is 1. The fourth-order valence-electron chi connectivity index (χ4n) is 1.96. The van der Waals surface area contributed by atoms with E-state index in [1.54, 1.807) is 0 Å². The molecule has 3 N–H and O–H groups in total. The van der Waals surface area contributed by atoms with Crippen molar-refractivity contribution < 1.29 is 4.79 Å². The van der Waals surface area contributed by atoms with E-state index in [-0.39, 0.29) is 11.4 Å². The molecule has 0 aliphatic heterocycles. The third-order valence-corrected chi connectivity index (χ3v) is 2.96. The van der Waals surface area contributed by atoms with E-state index in [1.807, 2.05) is 32.0 Å². The lowest BCUT2D eigenvalue weighted by Gasteiger charge is -2.25. The molecule has 1 amide bonds. The van der Waals surface area contributed by atoms with Crippen LogP contribution in [0.3, 0.4) is 0 Å². The number of hydrogen-bond acceptors (Lipinski definition) is 2. The monoisotopic (exact) mass is 248 g/mol. The topological polar surface area (TPSA) is 55.1 Å². The zero-order chi connectivity index (χ0) is 13.4. The van der Waals surface area contributed by atoms with Crippen molar-refractivity contribution >= 4 is 5.91 Å². The number of carbonyl (C=O) groups is 1. The molecule has 1 aromatic carbocycles. The molecule has 18 heavy (non-hydrogen) atoms. The summed E-state index contributed by atoms with van der Waals surface area (Å²) in [6.07, 6.45) is 3.21. The molecule has 0 unspecified atom stereocenters. The first-order valence-electron chi connectivity index (χ1n) is 6.58. The normalized spacial score (nSPS) is 11.3. The standard InChI is InChI=1S/C15H24N2O/c1-15(2,11-12-16)17-14(18)10-6-9-13-7-4-3-5-8-13/h3-5,7-8H,6,9-12,16H2,1-2H3,(H,17,18). The maximum atomic E-state index is 11.8. The summed E-state index contributed by atoms with van der Waals surface area (Å²) in [7, 11) is 0. The number of nitrogens with two attached hydrogens (primary N) is 1. The summed E-state index contributed by atoms with van der Waals surface area (Å²) < 4.78 is 0. The van der Waals surface area contributed by atoms with Gasteiger partial charge in [0.05, 0.1) is 0 Å². The molecule has 0 radical (unpaired) electrons. The fraction of sp³-hybridized carbons (Fsp3) is 0.533. The van der Waals surface area contributed by atoms with Crippen molar-refractivity contribution in [1.29, 1.82) is 0 Å². The number of rotatable bonds is 7. The maximum absolute atomic E-state index is 11.8. The van der Waals surface area contributed by atoms with Crippen LogP contribution in [0.2, 0.25) is 0 Å². The Labute approximate surface area is 110 Å². The molecule has 0 saturated heterocycles. The van der Waals surface area contributed by atoms with Gasteiger partial charge in [-0.3, -0.25) is 4.79 Å². The van der Waals surface area contributed by atoms with E-state index >= 15 is 0 Å². The van der Waals surface area contributed by atoms with E-state index in [9.17, 15) is 4.79 Å². The van der Waals surface area contributed by atoms with Gasteiger partial charge in [-0.2, -0.15) is 0 Å². The Morgan fingerprint density at radius 3 is 2.56 bits per heavy atom. The SMILES string of the molecule is CC(C)(CCN)NC(=O)CCCc1ccccc1. The van der Waals surface area contributed by atoms with E-state index in [2.05, 4.69) is 17.4 Å². The molecule has 0 aliphatic carbocycles. The van der Waals surface area contributed by atoms with E-state index in [1.165, 1.54) is 5.56 Å². The number of amides is 1. The van der Waals surface area contributed by atoms with Crippen LogP contribution < -0.4 is 11.1 Å². The van der Waals surface area contributed by atoms with Gasteiger partial charge in [0.1, 0.15) is 0 Å². The summed E-state index contributed by atoms with van der Waals surface area (Å²) in [5, 5.41) is 3.02. The number of hydrogen-bond donors (Lipinski definition) is 2. The Morgan fingerprint density at radius 2 is 1.94 bits per heavy atom. The average molecular weight is 248 g/mol. The smallest absolute Gasteiger partial charge is 0.220 e. The van der Waals surface area contributed by atoms with Crippen LogP contribution in [0.5, 0.6) is 0 Å². The molecule has 0 fully saturated rings. The lowest BCUT2D eigenvalue weighted by atomic mass is 10.00. The van der Waals surface area contributed by atoms with E-state index in [0.717, 1.165) is 19.3 Å². The first-order valence-corrected chi connectivity index (χ1v) is 6.58. The number of aryl methyl sites for hydroxylation is 1. The van der Waals surface area contributed by atoms with Crippen molar-refractivity contribution in [2.75, 3.05) is 6.54 Å². The van der Waals surface area contributed by atoms with Gasteiger partial charge in [-0.1, -0.05) is 30.3 Å². The zero-order valence-corrected chi connectivity index (χ0v) is 11.4. The third kappa shape index (κ3) is 5.82. The molecule has 3 heteroatoms. The summed E-state index contributed by atoms with van der Waals surface area (Å²) in [6.45, 7) is 4.61. The molecule has 1 aromatic rings. The predicted octanol–water partition coefficient (Wildman–Crippen LogP) is 2.25. The van der Waals surface area contributed by atoms with Crippen molar-refractivity contribution in [3.63, 3.8) is 0 Å².